The Labute approximate surface area is 155 Å². The summed E-state index contributed by atoms with van der Waals surface area (Å²) in [5.41, 5.74) is 2.14. The number of pyridine rings is 1. The normalized spacial score (nSPS) is 11.0. The van der Waals surface area contributed by atoms with Gasteiger partial charge in [-0.25, -0.2) is 9.78 Å². The number of anilines is 1. The van der Waals surface area contributed by atoms with Crippen LogP contribution in [0.4, 0.5) is 5.69 Å². The third kappa shape index (κ3) is 3.74. The zero-order valence-corrected chi connectivity index (χ0v) is 15.5. The second kappa shape index (κ2) is 7.06. The molecule has 0 aliphatic rings. The topological polar surface area (TPSA) is 106 Å². The zero-order chi connectivity index (χ0) is 19.7. The highest BCUT2D eigenvalue weighted by molar-refractivity contribution is 6.07. The van der Waals surface area contributed by atoms with E-state index in [9.17, 15) is 14.7 Å². The van der Waals surface area contributed by atoms with Crippen LogP contribution >= 0.6 is 0 Å². The van der Waals surface area contributed by atoms with E-state index in [1.807, 2.05) is 20.8 Å². The summed E-state index contributed by atoms with van der Waals surface area (Å²) in [6, 6.07) is 6.05. The molecule has 3 rings (SSSR count). The molecule has 0 atom stereocenters. The fourth-order valence-corrected chi connectivity index (χ4v) is 2.74. The first-order valence-corrected chi connectivity index (χ1v) is 8.41. The van der Waals surface area contributed by atoms with Crippen molar-refractivity contribution in [1.29, 1.82) is 0 Å². The molecule has 140 valence electrons. The Morgan fingerprint density at radius 1 is 1.22 bits per heavy atom. The molecule has 0 bridgehead atoms. The maximum atomic E-state index is 12.7. The molecule has 3 aromatic rings. The van der Waals surface area contributed by atoms with Crippen molar-refractivity contribution in [2.75, 3.05) is 5.32 Å². The molecule has 0 saturated carbocycles. The van der Waals surface area contributed by atoms with Crippen molar-refractivity contribution in [2.24, 2.45) is 7.05 Å². The van der Waals surface area contributed by atoms with E-state index in [0.717, 1.165) is 11.1 Å². The fraction of sp³-hybridized carbons (Fsp3) is 0.263. The van der Waals surface area contributed by atoms with E-state index in [0.29, 0.717) is 17.0 Å². The molecule has 1 aromatic carbocycles. The molecule has 27 heavy (non-hydrogen) atoms. The Bertz CT molecular complexity index is 1040. The summed E-state index contributed by atoms with van der Waals surface area (Å²) in [6.45, 7) is 5.54. The molecule has 2 heterocycles. The number of carboxylic acid groups (broad SMARTS) is 1. The number of carboxylic acids is 1. The first-order chi connectivity index (χ1) is 12.8. The van der Waals surface area contributed by atoms with Crippen molar-refractivity contribution in [3.8, 4) is 5.75 Å². The van der Waals surface area contributed by atoms with Gasteiger partial charge >= 0.3 is 5.97 Å². The van der Waals surface area contributed by atoms with Crippen LogP contribution in [-0.2, 0) is 7.05 Å². The molecular formula is C19H20N4O4. The number of hydrogen-bond acceptors (Lipinski definition) is 5. The minimum atomic E-state index is -1.09. The zero-order valence-electron chi connectivity index (χ0n) is 15.5. The van der Waals surface area contributed by atoms with Gasteiger partial charge in [0.25, 0.3) is 5.91 Å². The van der Waals surface area contributed by atoms with Gasteiger partial charge in [-0.1, -0.05) is 0 Å². The number of fused-ring (bicyclic) bond motifs is 1. The van der Waals surface area contributed by atoms with Gasteiger partial charge in [0, 0.05) is 18.6 Å². The van der Waals surface area contributed by atoms with Crippen molar-refractivity contribution in [2.45, 2.75) is 26.9 Å². The Balaban J connectivity index is 1.96. The summed E-state index contributed by atoms with van der Waals surface area (Å²) in [7, 11) is 1.79. The lowest BCUT2D eigenvalue weighted by atomic mass is 10.1. The molecule has 0 aliphatic carbocycles. The summed E-state index contributed by atoms with van der Waals surface area (Å²) in [4.78, 5) is 28.3. The number of aromatic nitrogens is 3. The monoisotopic (exact) mass is 368 g/mol. The van der Waals surface area contributed by atoms with Crippen LogP contribution in [0.25, 0.3) is 11.0 Å². The standard InChI is InChI=1S/C19H20N4O4/c1-10(2)27-16-6-5-12(19(25)26)8-15(16)21-18(24)13-7-14-11(3)22-23(4)17(14)20-9-13/h5-10H,1-4H3,(H,21,24)(H,25,26). The number of carbonyl (C=O) groups excluding carboxylic acids is 1. The molecule has 0 unspecified atom stereocenters. The van der Waals surface area contributed by atoms with Crippen molar-refractivity contribution in [1.82, 2.24) is 14.8 Å². The number of aromatic carboxylic acids is 1. The number of hydrogen-bond donors (Lipinski definition) is 2. The highest BCUT2D eigenvalue weighted by atomic mass is 16.5. The van der Waals surface area contributed by atoms with E-state index in [4.69, 9.17) is 4.74 Å². The molecule has 8 heteroatoms. The van der Waals surface area contributed by atoms with E-state index >= 15 is 0 Å². The quantitative estimate of drug-likeness (QED) is 0.717. The summed E-state index contributed by atoms with van der Waals surface area (Å²) < 4.78 is 7.32. The average molecular weight is 368 g/mol. The van der Waals surface area contributed by atoms with Crippen LogP contribution in [0, 0.1) is 6.92 Å². The number of aryl methyl sites for hydroxylation is 2. The van der Waals surface area contributed by atoms with Crippen LogP contribution in [0.1, 0.15) is 40.3 Å². The van der Waals surface area contributed by atoms with Crippen molar-refractivity contribution in [3.63, 3.8) is 0 Å². The van der Waals surface area contributed by atoms with Crippen LogP contribution in [0.3, 0.4) is 0 Å². The lowest BCUT2D eigenvalue weighted by Gasteiger charge is -2.15. The summed E-state index contributed by atoms with van der Waals surface area (Å²) >= 11 is 0. The summed E-state index contributed by atoms with van der Waals surface area (Å²) in [5.74, 6) is -1.10. The molecule has 2 aromatic heterocycles. The fourth-order valence-electron chi connectivity index (χ4n) is 2.74. The number of nitrogens with one attached hydrogen (secondary N) is 1. The lowest BCUT2D eigenvalue weighted by molar-refractivity contribution is 0.0696. The van der Waals surface area contributed by atoms with E-state index in [1.54, 1.807) is 17.8 Å². The first kappa shape index (κ1) is 18.4. The maximum absolute atomic E-state index is 12.7. The molecule has 1 amide bonds. The third-order valence-corrected chi connectivity index (χ3v) is 3.96. The van der Waals surface area contributed by atoms with Crippen molar-refractivity contribution >= 4 is 28.6 Å². The van der Waals surface area contributed by atoms with Gasteiger partial charge in [0.15, 0.2) is 5.65 Å². The van der Waals surface area contributed by atoms with Crippen LogP contribution in [0.15, 0.2) is 30.5 Å². The number of carbonyl (C=O) groups is 2. The van der Waals surface area contributed by atoms with E-state index < -0.39 is 11.9 Å². The Morgan fingerprint density at radius 2 is 1.96 bits per heavy atom. The second-order valence-corrected chi connectivity index (χ2v) is 6.44. The molecule has 0 saturated heterocycles. The lowest BCUT2D eigenvalue weighted by Crippen LogP contribution is -2.15. The molecular weight excluding hydrogens is 348 g/mol. The molecule has 0 aliphatic heterocycles. The smallest absolute Gasteiger partial charge is 0.335 e. The molecule has 0 radical (unpaired) electrons. The third-order valence-electron chi connectivity index (χ3n) is 3.96. The Morgan fingerprint density at radius 3 is 2.63 bits per heavy atom. The van der Waals surface area contributed by atoms with Gasteiger partial charge in [-0.3, -0.25) is 9.48 Å². The van der Waals surface area contributed by atoms with Gasteiger partial charge < -0.3 is 15.2 Å². The molecule has 2 N–H and O–H groups in total. The van der Waals surface area contributed by atoms with Crippen LogP contribution in [-0.4, -0.2) is 37.9 Å². The van der Waals surface area contributed by atoms with Gasteiger partial charge in [-0.15, -0.1) is 0 Å². The molecule has 0 spiro atoms. The van der Waals surface area contributed by atoms with Crippen LogP contribution in [0.2, 0.25) is 0 Å². The predicted molar refractivity (Wildman–Crippen MR) is 100 cm³/mol. The number of amides is 1. The van der Waals surface area contributed by atoms with E-state index in [2.05, 4.69) is 15.4 Å². The summed E-state index contributed by atoms with van der Waals surface area (Å²) in [5, 5.41) is 17.0. The van der Waals surface area contributed by atoms with Gasteiger partial charge in [0.05, 0.1) is 28.6 Å². The number of rotatable bonds is 5. The predicted octanol–water partition coefficient (Wildman–Crippen LogP) is 3.01. The largest absolute Gasteiger partial charge is 0.489 e. The van der Waals surface area contributed by atoms with Gasteiger partial charge in [0.1, 0.15) is 5.75 Å². The van der Waals surface area contributed by atoms with E-state index in [1.165, 1.54) is 24.4 Å². The van der Waals surface area contributed by atoms with Gasteiger partial charge in [0.2, 0.25) is 0 Å². The first-order valence-electron chi connectivity index (χ1n) is 8.41. The van der Waals surface area contributed by atoms with Gasteiger partial charge in [-0.05, 0) is 45.0 Å². The average Bonchev–Trinajstić information content (AvgIpc) is 2.89. The molecule has 8 nitrogen and oxygen atoms in total. The Hall–Kier alpha value is -3.42. The van der Waals surface area contributed by atoms with E-state index in [-0.39, 0.29) is 17.4 Å². The number of nitrogens with zero attached hydrogens (tertiary/aromatic N) is 3. The van der Waals surface area contributed by atoms with Crippen LogP contribution < -0.4 is 10.1 Å². The van der Waals surface area contributed by atoms with Gasteiger partial charge in [-0.2, -0.15) is 5.10 Å². The minimum absolute atomic E-state index is 0.0538. The highest BCUT2D eigenvalue weighted by Crippen LogP contribution is 2.28. The van der Waals surface area contributed by atoms with Crippen molar-refractivity contribution < 1.29 is 19.4 Å². The number of ether oxygens (including phenoxy) is 1. The highest BCUT2D eigenvalue weighted by Gasteiger charge is 2.16. The maximum Gasteiger partial charge on any atom is 0.335 e. The van der Waals surface area contributed by atoms with Crippen molar-refractivity contribution in [3.05, 3.63) is 47.3 Å². The summed E-state index contributed by atoms with van der Waals surface area (Å²) in [6.07, 6.45) is 1.33. The Kier molecular flexibility index (Phi) is 4.81. The second-order valence-electron chi connectivity index (χ2n) is 6.44. The SMILES string of the molecule is Cc1nn(C)c2ncc(C(=O)Nc3cc(C(=O)O)ccc3OC(C)C)cc12. The minimum Gasteiger partial charge on any atom is -0.489 e. The van der Waals surface area contributed by atoms with Crippen LogP contribution in [0.5, 0.6) is 5.75 Å². The number of benzene rings is 1. The molecule has 0 fully saturated rings.